The summed E-state index contributed by atoms with van der Waals surface area (Å²) < 4.78 is 17.5. The van der Waals surface area contributed by atoms with Gasteiger partial charge in [-0.25, -0.2) is 9.78 Å². The number of amides is 3. The minimum Gasteiger partial charge on any atom is -0.472 e. The Kier molecular flexibility index (Phi) is 7.13. The third-order valence-corrected chi connectivity index (χ3v) is 6.35. The molecular formula is C23H27BrN4O6. The Balaban J connectivity index is 1.52. The Morgan fingerprint density at radius 2 is 2.12 bits per heavy atom. The standard InChI is InChI=1S/C23H27BrN4O6/c1-13-9-28(14(2)11-29)22(30)17-6-15(24)8-25-21(17)34-20(13)10-27(3)23(31)26-16-4-5-18-19(7-16)33-12-32-18/h4-8,13-14,20,29H,9-12H2,1-3H3,(H,26,31)/t13-,14-,20+/m1/s1. The molecule has 182 valence electrons. The SMILES string of the molecule is C[C@@H]1CN([C@H](C)CO)C(=O)c2cc(Br)cnc2O[C@H]1CN(C)C(=O)Nc1ccc2c(c1)OCO2. The van der Waals surface area contributed by atoms with E-state index in [1.165, 1.54) is 4.90 Å². The normalized spacial score (nSPS) is 20.0. The number of aromatic nitrogens is 1. The maximum absolute atomic E-state index is 13.2. The number of aliphatic hydroxyl groups excluding tert-OH is 1. The molecule has 10 nitrogen and oxygen atoms in total. The van der Waals surface area contributed by atoms with Crippen molar-refractivity contribution < 1.29 is 28.9 Å². The second-order valence-electron chi connectivity index (χ2n) is 8.51. The van der Waals surface area contributed by atoms with E-state index in [0.717, 1.165) is 0 Å². The van der Waals surface area contributed by atoms with Gasteiger partial charge in [-0.2, -0.15) is 0 Å². The molecule has 0 saturated heterocycles. The number of aliphatic hydroxyl groups is 1. The van der Waals surface area contributed by atoms with E-state index in [0.29, 0.717) is 33.8 Å². The summed E-state index contributed by atoms with van der Waals surface area (Å²) in [5.74, 6) is 1.01. The molecular weight excluding hydrogens is 508 g/mol. The summed E-state index contributed by atoms with van der Waals surface area (Å²) in [6, 6.07) is 6.15. The zero-order valence-corrected chi connectivity index (χ0v) is 20.7. The van der Waals surface area contributed by atoms with Crippen molar-refractivity contribution in [2.45, 2.75) is 26.0 Å². The zero-order valence-electron chi connectivity index (χ0n) is 19.2. The van der Waals surface area contributed by atoms with E-state index in [2.05, 4.69) is 26.2 Å². The molecule has 3 heterocycles. The highest BCUT2D eigenvalue weighted by molar-refractivity contribution is 9.10. The van der Waals surface area contributed by atoms with Crippen LogP contribution in [-0.4, -0.2) is 77.5 Å². The third kappa shape index (κ3) is 5.05. The second kappa shape index (κ2) is 10.1. The zero-order chi connectivity index (χ0) is 24.4. The Morgan fingerprint density at radius 1 is 1.35 bits per heavy atom. The lowest BCUT2D eigenvalue weighted by Gasteiger charge is -2.37. The molecule has 11 heteroatoms. The van der Waals surface area contributed by atoms with Crippen LogP contribution in [0, 0.1) is 5.92 Å². The number of urea groups is 1. The van der Waals surface area contributed by atoms with Gasteiger partial charge in [0.05, 0.1) is 19.2 Å². The minimum absolute atomic E-state index is 0.141. The van der Waals surface area contributed by atoms with Crippen LogP contribution in [0.3, 0.4) is 0 Å². The molecule has 3 atom stereocenters. The predicted molar refractivity (Wildman–Crippen MR) is 127 cm³/mol. The number of fused-ring (bicyclic) bond motifs is 2. The van der Waals surface area contributed by atoms with Gasteiger partial charge < -0.3 is 34.4 Å². The molecule has 0 fully saturated rings. The number of pyridine rings is 1. The molecule has 0 saturated carbocycles. The van der Waals surface area contributed by atoms with Crippen LogP contribution >= 0.6 is 15.9 Å². The molecule has 0 aliphatic carbocycles. The van der Waals surface area contributed by atoms with Crippen molar-refractivity contribution in [2.75, 3.05) is 38.9 Å². The van der Waals surface area contributed by atoms with Crippen molar-refractivity contribution in [1.29, 1.82) is 0 Å². The van der Waals surface area contributed by atoms with Crippen LogP contribution < -0.4 is 19.5 Å². The van der Waals surface area contributed by atoms with Crippen LogP contribution in [-0.2, 0) is 0 Å². The van der Waals surface area contributed by atoms with E-state index >= 15 is 0 Å². The van der Waals surface area contributed by atoms with Crippen LogP contribution in [0.4, 0.5) is 10.5 Å². The number of carbonyl (C=O) groups excluding carboxylic acids is 2. The van der Waals surface area contributed by atoms with Gasteiger partial charge in [-0.3, -0.25) is 4.79 Å². The molecule has 0 bridgehead atoms. The molecule has 2 aromatic rings. The number of hydrogen-bond acceptors (Lipinski definition) is 7. The first-order valence-electron chi connectivity index (χ1n) is 10.9. The van der Waals surface area contributed by atoms with E-state index in [1.54, 1.807) is 49.3 Å². The molecule has 0 spiro atoms. The van der Waals surface area contributed by atoms with E-state index in [1.807, 2.05) is 6.92 Å². The maximum atomic E-state index is 13.2. The predicted octanol–water partition coefficient (Wildman–Crippen LogP) is 2.96. The molecule has 1 aromatic heterocycles. The van der Waals surface area contributed by atoms with E-state index in [4.69, 9.17) is 14.2 Å². The van der Waals surface area contributed by atoms with Gasteiger partial charge >= 0.3 is 6.03 Å². The van der Waals surface area contributed by atoms with Crippen LogP contribution in [0.15, 0.2) is 34.9 Å². The van der Waals surface area contributed by atoms with Gasteiger partial charge in [0.2, 0.25) is 12.7 Å². The number of carbonyl (C=O) groups is 2. The number of benzene rings is 1. The largest absolute Gasteiger partial charge is 0.472 e. The van der Waals surface area contributed by atoms with E-state index in [9.17, 15) is 14.7 Å². The van der Waals surface area contributed by atoms with Gasteiger partial charge in [-0.1, -0.05) is 6.92 Å². The number of nitrogens with zero attached hydrogens (tertiary/aromatic N) is 3. The van der Waals surface area contributed by atoms with Crippen LogP contribution in [0.25, 0.3) is 0 Å². The fourth-order valence-electron chi connectivity index (χ4n) is 3.84. The smallest absolute Gasteiger partial charge is 0.321 e. The lowest BCUT2D eigenvalue weighted by atomic mass is 10.0. The number of anilines is 1. The fourth-order valence-corrected chi connectivity index (χ4v) is 4.17. The van der Waals surface area contributed by atoms with Crippen LogP contribution in [0.5, 0.6) is 17.4 Å². The van der Waals surface area contributed by atoms with Gasteiger partial charge in [0.15, 0.2) is 11.5 Å². The quantitative estimate of drug-likeness (QED) is 0.606. The Hall–Kier alpha value is -3.05. The summed E-state index contributed by atoms with van der Waals surface area (Å²) in [5, 5.41) is 12.6. The van der Waals surface area contributed by atoms with Crippen molar-refractivity contribution in [3.8, 4) is 17.4 Å². The highest BCUT2D eigenvalue weighted by atomic mass is 79.9. The summed E-state index contributed by atoms with van der Waals surface area (Å²) in [5.41, 5.74) is 0.886. The summed E-state index contributed by atoms with van der Waals surface area (Å²) in [7, 11) is 1.67. The first-order chi connectivity index (χ1) is 16.3. The Morgan fingerprint density at radius 3 is 2.88 bits per heavy atom. The molecule has 0 unspecified atom stereocenters. The van der Waals surface area contributed by atoms with E-state index in [-0.39, 0.29) is 49.7 Å². The maximum Gasteiger partial charge on any atom is 0.321 e. The lowest BCUT2D eigenvalue weighted by molar-refractivity contribution is 0.0356. The Labute approximate surface area is 205 Å². The summed E-state index contributed by atoms with van der Waals surface area (Å²) in [4.78, 5) is 33.5. The summed E-state index contributed by atoms with van der Waals surface area (Å²) >= 11 is 3.36. The molecule has 1 aromatic carbocycles. The minimum atomic E-state index is -0.443. The van der Waals surface area contributed by atoms with Gasteiger partial charge in [-0.05, 0) is 41.1 Å². The third-order valence-electron chi connectivity index (χ3n) is 5.91. The van der Waals surface area contributed by atoms with Crippen molar-refractivity contribution in [3.63, 3.8) is 0 Å². The van der Waals surface area contributed by atoms with Crippen molar-refractivity contribution in [3.05, 3.63) is 40.5 Å². The van der Waals surface area contributed by atoms with Gasteiger partial charge in [-0.15, -0.1) is 0 Å². The molecule has 0 radical (unpaired) electrons. The number of hydrogen-bond donors (Lipinski definition) is 2. The molecule has 34 heavy (non-hydrogen) atoms. The highest BCUT2D eigenvalue weighted by Crippen LogP contribution is 2.34. The number of halogens is 1. The molecule has 4 rings (SSSR count). The number of nitrogens with one attached hydrogen (secondary N) is 1. The van der Waals surface area contributed by atoms with Crippen molar-refractivity contribution in [2.24, 2.45) is 5.92 Å². The second-order valence-corrected chi connectivity index (χ2v) is 9.42. The summed E-state index contributed by atoms with van der Waals surface area (Å²) in [6.07, 6.45) is 1.12. The van der Waals surface area contributed by atoms with Crippen molar-refractivity contribution in [1.82, 2.24) is 14.8 Å². The fraction of sp³-hybridized carbons (Fsp3) is 0.435. The topological polar surface area (TPSA) is 113 Å². The first kappa shape index (κ1) is 24.1. The summed E-state index contributed by atoms with van der Waals surface area (Å²) in [6.45, 7) is 4.34. The molecule has 2 N–H and O–H groups in total. The van der Waals surface area contributed by atoms with Gasteiger partial charge in [0, 0.05) is 41.9 Å². The average Bonchev–Trinajstić information content (AvgIpc) is 3.29. The van der Waals surface area contributed by atoms with Crippen LogP contribution in [0.1, 0.15) is 24.2 Å². The Bertz CT molecular complexity index is 1080. The molecule has 2 aliphatic heterocycles. The molecule has 3 amide bonds. The van der Waals surface area contributed by atoms with Crippen molar-refractivity contribution >= 4 is 33.6 Å². The number of likely N-dealkylation sites (N-methyl/N-ethyl adjacent to an activating group) is 1. The average molecular weight is 535 g/mol. The lowest BCUT2D eigenvalue weighted by Crippen LogP contribution is -2.50. The van der Waals surface area contributed by atoms with Crippen LogP contribution in [0.2, 0.25) is 0 Å². The monoisotopic (exact) mass is 534 g/mol. The van der Waals surface area contributed by atoms with Gasteiger partial charge in [0.1, 0.15) is 11.7 Å². The highest BCUT2D eigenvalue weighted by Gasteiger charge is 2.34. The number of ether oxygens (including phenoxy) is 3. The van der Waals surface area contributed by atoms with E-state index < -0.39 is 6.10 Å². The number of rotatable bonds is 5. The molecule has 2 aliphatic rings. The van der Waals surface area contributed by atoms with Gasteiger partial charge in [0.25, 0.3) is 5.91 Å². The first-order valence-corrected chi connectivity index (χ1v) is 11.7.